The number of imidazole rings is 1. The summed E-state index contributed by atoms with van der Waals surface area (Å²) in [4.78, 5) is 6.09. The number of halogens is 2. The molecule has 1 aromatic carbocycles. The molecule has 0 bridgehead atoms. The van der Waals surface area contributed by atoms with Crippen LogP contribution in [0.2, 0.25) is 0 Å². The van der Waals surface area contributed by atoms with Crippen molar-refractivity contribution in [2.75, 3.05) is 0 Å². The number of aromatic nitrogens is 2. The Morgan fingerprint density at radius 1 is 1.33 bits per heavy atom. The molecule has 0 N–H and O–H groups in total. The number of rotatable bonds is 4. The molecule has 0 saturated heterocycles. The maximum Gasteiger partial charge on any atom is 0.125 e. The van der Waals surface area contributed by atoms with Gasteiger partial charge in [-0.05, 0) is 58.2 Å². The Bertz CT molecular complexity index is 749. The van der Waals surface area contributed by atoms with Gasteiger partial charge in [-0.2, -0.15) is 0 Å². The van der Waals surface area contributed by atoms with Gasteiger partial charge in [0.05, 0.1) is 23.0 Å². The molecular weight excluding hydrogens is 415 g/mol. The zero-order valence-electron chi connectivity index (χ0n) is 11.9. The Hall–Kier alpha value is -0.590. The number of thiophene rings is 1. The fourth-order valence-electron chi connectivity index (χ4n) is 2.74. The van der Waals surface area contributed by atoms with Crippen LogP contribution in [-0.4, -0.2) is 9.55 Å². The van der Waals surface area contributed by atoms with Crippen molar-refractivity contribution in [1.29, 1.82) is 0 Å². The second-order valence-electron chi connectivity index (χ2n) is 5.37. The Labute approximate surface area is 147 Å². The van der Waals surface area contributed by atoms with E-state index in [2.05, 4.69) is 76.7 Å². The van der Waals surface area contributed by atoms with Crippen LogP contribution >= 0.6 is 45.5 Å². The lowest BCUT2D eigenvalue weighted by Crippen LogP contribution is -2.17. The number of alkyl halides is 1. The molecule has 2 heterocycles. The first-order chi connectivity index (χ1) is 10.1. The standard InChI is InChI=1S/C16H16ClIN2S/c1-10(2)16(14-4-3-7-21-14)20-13-6-5-11(18)8-12(13)19-15(20)9-17/h3-8,10,16H,9H2,1-2H3. The van der Waals surface area contributed by atoms with E-state index in [0.29, 0.717) is 11.8 Å². The predicted molar refractivity (Wildman–Crippen MR) is 99.3 cm³/mol. The Morgan fingerprint density at radius 3 is 2.76 bits per heavy atom. The smallest absolute Gasteiger partial charge is 0.125 e. The highest BCUT2D eigenvalue weighted by atomic mass is 127. The second-order valence-corrected chi connectivity index (χ2v) is 7.86. The van der Waals surface area contributed by atoms with E-state index in [1.807, 2.05) is 0 Å². The summed E-state index contributed by atoms with van der Waals surface area (Å²) in [6.07, 6.45) is 0. The van der Waals surface area contributed by atoms with Crippen molar-refractivity contribution in [2.24, 2.45) is 5.92 Å². The molecule has 0 radical (unpaired) electrons. The average Bonchev–Trinajstić information content (AvgIpc) is 3.07. The number of hydrogen-bond donors (Lipinski definition) is 0. The van der Waals surface area contributed by atoms with E-state index >= 15 is 0 Å². The average molecular weight is 431 g/mol. The first-order valence-electron chi connectivity index (χ1n) is 6.87. The summed E-state index contributed by atoms with van der Waals surface area (Å²) in [6, 6.07) is 11.0. The fraction of sp³-hybridized carbons (Fsp3) is 0.312. The van der Waals surface area contributed by atoms with Gasteiger partial charge < -0.3 is 4.57 Å². The van der Waals surface area contributed by atoms with Crippen molar-refractivity contribution in [3.05, 3.63) is 50.0 Å². The number of hydrogen-bond acceptors (Lipinski definition) is 2. The predicted octanol–water partition coefficient (Wildman–Crippen LogP) is 5.69. The van der Waals surface area contributed by atoms with Gasteiger partial charge in [-0.3, -0.25) is 0 Å². The maximum atomic E-state index is 6.17. The van der Waals surface area contributed by atoms with E-state index in [1.165, 1.54) is 8.45 Å². The van der Waals surface area contributed by atoms with E-state index in [0.717, 1.165) is 16.9 Å². The lowest BCUT2D eigenvalue weighted by molar-refractivity contribution is 0.444. The number of benzene rings is 1. The molecule has 1 unspecified atom stereocenters. The van der Waals surface area contributed by atoms with Crippen LogP contribution in [0.15, 0.2) is 35.7 Å². The van der Waals surface area contributed by atoms with Crippen LogP contribution in [0.5, 0.6) is 0 Å². The van der Waals surface area contributed by atoms with Gasteiger partial charge in [-0.25, -0.2) is 4.98 Å². The summed E-state index contributed by atoms with van der Waals surface area (Å²) in [6.45, 7) is 4.50. The maximum absolute atomic E-state index is 6.17. The lowest BCUT2D eigenvalue weighted by Gasteiger charge is -2.24. The highest BCUT2D eigenvalue weighted by Gasteiger charge is 2.24. The van der Waals surface area contributed by atoms with Gasteiger partial charge in [0.2, 0.25) is 0 Å². The third-order valence-corrected chi connectivity index (χ3v) is 5.44. The van der Waals surface area contributed by atoms with Crippen LogP contribution in [-0.2, 0) is 5.88 Å². The van der Waals surface area contributed by atoms with E-state index in [9.17, 15) is 0 Å². The molecule has 110 valence electrons. The highest BCUT2D eigenvalue weighted by Crippen LogP contribution is 2.34. The molecule has 2 aromatic heterocycles. The first-order valence-corrected chi connectivity index (χ1v) is 9.37. The molecule has 0 aliphatic rings. The molecule has 3 rings (SSSR count). The summed E-state index contributed by atoms with van der Waals surface area (Å²) in [5.74, 6) is 1.85. The SMILES string of the molecule is CC(C)C(c1cccs1)n1c(CCl)nc2cc(I)ccc21. The monoisotopic (exact) mass is 430 g/mol. The van der Waals surface area contributed by atoms with Crippen LogP contribution < -0.4 is 0 Å². The van der Waals surface area contributed by atoms with Crippen molar-refractivity contribution in [3.63, 3.8) is 0 Å². The minimum Gasteiger partial charge on any atom is -0.318 e. The molecule has 0 spiro atoms. The quantitative estimate of drug-likeness (QED) is 0.384. The van der Waals surface area contributed by atoms with Gasteiger partial charge in [-0.1, -0.05) is 19.9 Å². The minimum absolute atomic E-state index is 0.281. The zero-order valence-corrected chi connectivity index (χ0v) is 15.6. The fourth-order valence-corrected chi connectivity index (χ4v) is 4.39. The molecule has 3 aromatic rings. The van der Waals surface area contributed by atoms with Crippen molar-refractivity contribution >= 4 is 56.6 Å². The molecule has 21 heavy (non-hydrogen) atoms. The summed E-state index contributed by atoms with van der Waals surface area (Å²) >= 11 is 10.3. The lowest BCUT2D eigenvalue weighted by atomic mass is 10.0. The second kappa shape index (κ2) is 6.26. The molecule has 2 nitrogen and oxygen atoms in total. The summed E-state index contributed by atoms with van der Waals surface area (Å²) in [7, 11) is 0. The number of fused-ring (bicyclic) bond motifs is 1. The van der Waals surface area contributed by atoms with Gasteiger partial charge in [-0.15, -0.1) is 22.9 Å². The van der Waals surface area contributed by atoms with Crippen molar-refractivity contribution < 1.29 is 0 Å². The van der Waals surface area contributed by atoms with Gasteiger partial charge in [0, 0.05) is 8.45 Å². The first kappa shape index (κ1) is 15.3. The van der Waals surface area contributed by atoms with E-state index in [-0.39, 0.29) is 6.04 Å². The van der Waals surface area contributed by atoms with E-state index in [4.69, 9.17) is 16.6 Å². The Morgan fingerprint density at radius 2 is 2.14 bits per heavy atom. The topological polar surface area (TPSA) is 17.8 Å². The molecule has 0 saturated carbocycles. The molecule has 5 heteroatoms. The summed E-state index contributed by atoms with van der Waals surface area (Å²) < 4.78 is 3.51. The molecular formula is C16H16ClIN2S. The van der Waals surface area contributed by atoms with Crippen molar-refractivity contribution in [3.8, 4) is 0 Å². The van der Waals surface area contributed by atoms with Crippen LogP contribution in [0.3, 0.4) is 0 Å². The molecule has 0 fully saturated rings. The Balaban J connectivity index is 2.26. The van der Waals surface area contributed by atoms with E-state index < -0.39 is 0 Å². The normalized spacial score (nSPS) is 13.2. The van der Waals surface area contributed by atoms with Gasteiger partial charge in [0.1, 0.15) is 5.82 Å². The molecule has 0 amide bonds. The third kappa shape index (κ3) is 2.85. The van der Waals surface area contributed by atoms with Gasteiger partial charge in [0.25, 0.3) is 0 Å². The zero-order chi connectivity index (χ0) is 15.0. The highest BCUT2D eigenvalue weighted by molar-refractivity contribution is 14.1. The van der Waals surface area contributed by atoms with Crippen molar-refractivity contribution in [2.45, 2.75) is 25.8 Å². The minimum atomic E-state index is 0.281. The van der Waals surface area contributed by atoms with Gasteiger partial charge >= 0.3 is 0 Å². The van der Waals surface area contributed by atoms with Crippen molar-refractivity contribution in [1.82, 2.24) is 9.55 Å². The van der Waals surface area contributed by atoms with Crippen LogP contribution in [0.25, 0.3) is 11.0 Å². The summed E-state index contributed by atoms with van der Waals surface area (Å²) in [5, 5.41) is 2.13. The molecule has 0 aliphatic carbocycles. The molecule has 1 atom stereocenters. The summed E-state index contributed by atoms with van der Waals surface area (Å²) in [5.41, 5.74) is 2.19. The van der Waals surface area contributed by atoms with E-state index in [1.54, 1.807) is 11.3 Å². The van der Waals surface area contributed by atoms with Crippen LogP contribution in [0.4, 0.5) is 0 Å². The Kier molecular flexibility index (Phi) is 4.57. The molecule has 0 aliphatic heterocycles. The number of nitrogens with zero attached hydrogens (tertiary/aromatic N) is 2. The van der Waals surface area contributed by atoms with Gasteiger partial charge in [0.15, 0.2) is 0 Å². The van der Waals surface area contributed by atoms with Crippen LogP contribution in [0.1, 0.15) is 30.6 Å². The largest absolute Gasteiger partial charge is 0.318 e. The third-order valence-electron chi connectivity index (χ3n) is 3.59. The van der Waals surface area contributed by atoms with Crippen LogP contribution in [0, 0.1) is 9.49 Å².